The fourth-order valence-electron chi connectivity index (χ4n) is 3.83. The first kappa shape index (κ1) is 25.8. The second-order valence-electron chi connectivity index (χ2n) is 8.68. The Labute approximate surface area is 200 Å². The first-order chi connectivity index (χ1) is 15.9. The minimum absolute atomic E-state index is 0.0383. The molecule has 10 heteroatoms. The molecule has 2 aromatic rings. The van der Waals surface area contributed by atoms with E-state index in [0.717, 1.165) is 5.56 Å². The highest BCUT2D eigenvalue weighted by atomic mass is 35.5. The summed E-state index contributed by atoms with van der Waals surface area (Å²) >= 11 is 6.24. The van der Waals surface area contributed by atoms with Crippen LogP contribution in [0.15, 0.2) is 42.5 Å². The van der Waals surface area contributed by atoms with Gasteiger partial charge in [-0.1, -0.05) is 36.7 Å². The highest BCUT2D eigenvalue weighted by molar-refractivity contribution is 6.34. The zero-order valence-electron chi connectivity index (χ0n) is 18.8. The molecule has 0 aromatic heterocycles. The van der Waals surface area contributed by atoms with Crippen molar-refractivity contribution < 1.29 is 32.6 Å². The van der Waals surface area contributed by atoms with Crippen LogP contribution in [0.3, 0.4) is 0 Å². The van der Waals surface area contributed by atoms with E-state index in [1.165, 1.54) is 23.1 Å². The topological polar surface area (TPSA) is 78.9 Å². The van der Waals surface area contributed by atoms with Crippen molar-refractivity contribution in [3.05, 3.63) is 58.6 Å². The lowest BCUT2D eigenvalue weighted by Crippen LogP contribution is -2.46. The van der Waals surface area contributed by atoms with Crippen LogP contribution in [0, 0.1) is 5.41 Å². The number of carbonyl (C=O) groups excluding carboxylic acids is 2. The second-order valence-corrected chi connectivity index (χ2v) is 9.08. The van der Waals surface area contributed by atoms with E-state index in [-0.39, 0.29) is 35.4 Å². The van der Waals surface area contributed by atoms with Crippen molar-refractivity contribution in [3.63, 3.8) is 0 Å². The third-order valence-electron chi connectivity index (χ3n) is 5.77. The molecule has 1 aliphatic rings. The summed E-state index contributed by atoms with van der Waals surface area (Å²) in [6, 6.07) is 10.6. The van der Waals surface area contributed by atoms with Gasteiger partial charge in [0.2, 0.25) is 5.91 Å². The van der Waals surface area contributed by atoms with Crippen LogP contribution in [0.25, 0.3) is 0 Å². The number of carbonyl (C=O) groups is 2. The summed E-state index contributed by atoms with van der Waals surface area (Å²) in [7, 11) is 0. The Balaban J connectivity index is 1.87. The Morgan fingerprint density at radius 1 is 1.26 bits per heavy atom. The van der Waals surface area contributed by atoms with Crippen molar-refractivity contribution in [2.45, 2.75) is 38.9 Å². The summed E-state index contributed by atoms with van der Waals surface area (Å²) in [5.41, 5.74) is 0.711. The molecule has 34 heavy (non-hydrogen) atoms. The summed E-state index contributed by atoms with van der Waals surface area (Å²) < 4.78 is 42.0. The Bertz CT molecular complexity index is 1060. The molecule has 0 fully saturated rings. The predicted octanol–water partition coefficient (Wildman–Crippen LogP) is 4.38. The number of amides is 2. The van der Waals surface area contributed by atoms with Crippen LogP contribution in [0.1, 0.15) is 36.2 Å². The smallest absolute Gasteiger partial charge is 0.422 e. The zero-order valence-corrected chi connectivity index (χ0v) is 19.5. The summed E-state index contributed by atoms with van der Waals surface area (Å²) in [6.45, 7) is 2.08. The van der Waals surface area contributed by atoms with E-state index < -0.39 is 30.1 Å². The molecular formula is C24H26ClF3N2O4. The van der Waals surface area contributed by atoms with Crippen LogP contribution in [0.4, 0.5) is 18.9 Å². The van der Waals surface area contributed by atoms with Crippen molar-refractivity contribution in [1.82, 2.24) is 5.32 Å². The van der Waals surface area contributed by atoms with Crippen LogP contribution in [-0.2, 0) is 11.2 Å². The number of aliphatic hydroxyl groups excluding tert-OH is 1. The Hall–Kier alpha value is -2.78. The largest absolute Gasteiger partial charge is 0.484 e. The maximum Gasteiger partial charge on any atom is 0.422 e. The highest BCUT2D eigenvalue weighted by Crippen LogP contribution is 2.38. The fraction of sp³-hybridized carbons (Fsp3) is 0.417. The summed E-state index contributed by atoms with van der Waals surface area (Å²) in [6.07, 6.45) is -3.76. The molecule has 0 radical (unpaired) electrons. The molecule has 2 N–H and O–H groups in total. The maximum atomic E-state index is 13.5. The standard InChI is InChI=1S/C24H26ClF3N2O4/c1-15(13-31)29-22(33)23(2)9-10-30(20-6-4-3-5-16(20)12-23)21(32)18-8-7-17(11-19(18)25)34-14-24(26,27)28/h3-8,11,15,31H,9-10,12-14H2,1-2H3,(H,29,33)/t15-,23?/m0/s1. The van der Waals surface area contributed by atoms with E-state index >= 15 is 0 Å². The third-order valence-corrected chi connectivity index (χ3v) is 6.08. The number of halogens is 4. The molecule has 3 rings (SSSR count). The average molecular weight is 499 g/mol. The number of para-hydroxylation sites is 1. The van der Waals surface area contributed by atoms with E-state index in [0.29, 0.717) is 18.5 Å². The minimum atomic E-state index is -4.50. The van der Waals surface area contributed by atoms with Crippen molar-refractivity contribution in [2.75, 3.05) is 24.7 Å². The minimum Gasteiger partial charge on any atom is -0.484 e. The summed E-state index contributed by atoms with van der Waals surface area (Å²) in [5, 5.41) is 12.1. The zero-order chi connectivity index (χ0) is 25.1. The number of hydrogen-bond donors (Lipinski definition) is 2. The van der Waals surface area contributed by atoms with Gasteiger partial charge in [0.15, 0.2) is 6.61 Å². The van der Waals surface area contributed by atoms with Gasteiger partial charge in [0.1, 0.15) is 5.75 Å². The Kier molecular flexibility index (Phi) is 7.77. The van der Waals surface area contributed by atoms with Crippen LogP contribution in [-0.4, -0.2) is 48.9 Å². The van der Waals surface area contributed by atoms with E-state index in [2.05, 4.69) is 5.32 Å². The maximum absolute atomic E-state index is 13.5. The number of fused-ring (bicyclic) bond motifs is 1. The number of rotatable bonds is 6. The Morgan fingerprint density at radius 3 is 2.62 bits per heavy atom. The fourth-order valence-corrected chi connectivity index (χ4v) is 4.08. The number of benzene rings is 2. The van der Waals surface area contributed by atoms with Crippen molar-refractivity contribution in [2.24, 2.45) is 5.41 Å². The van der Waals surface area contributed by atoms with Gasteiger partial charge >= 0.3 is 6.18 Å². The van der Waals surface area contributed by atoms with Crippen molar-refractivity contribution in [3.8, 4) is 5.75 Å². The lowest BCUT2D eigenvalue weighted by molar-refractivity contribution is -0.153. The number of alkyl halides is 3. The van der Waals surface area contributed by atoms with Gasteiger partial charge in [-0.15, -0.1) is 0 Å². The van der Waals surface area contributed by atoms with E-state index in [9.17, 15) is 27.9 Å². The molecule has 0 aliphatic carbocycles. The van der Waals surface area contributed by atoms with Gasteiger partial charge in [-0.25, -0.2) is 0 Å². The molecule has 2 amide bonds. The molecule has 1 heterocycles. The molecule has 184 valence electrons. The van der Waals surface area contributed by atoms with Gasteiger partial charge in [0.25, 0.3) is 5.91 Å². The number of ether oxygens (including phenoxy) is 1. The van der Waals surface area contributed by atoms with Crippen molar-refractivity contribution in [1.29, 1.82) is 0 Å². The van der Waals surface area contributed by atoms with Crippen LogP contribution in [0.5, 0.6) is 5.75 Å². The average Bonchev–Trinajstić information content (AvgIpc) is 2.93. The molecule has 0 saturated heterocycles. The van der Waals surface area contributed by atoms with Crippen LogP contribution in [0.2, 0.25) is 5.02 Å². The lowest BCUT2D eigenvalue weighted by atomic mass is 9.80. The van der Waals surface area contributed by atoms with Crippen LogP contribution < -0.4 is 15.0 Å². The molecule has 0 saturated carbocycles. The highest BCUT2D eigenvalue weighted by Gasteiger charge is 2.39. The normalized spacial score (nSPS) is 19.1. The number of hydrogen-bond acceptors (Lipinski definition) is 4. The predicted molar refractivity (Wildman–Crippen MR) is 122 cm³/mol. The van der Waals surface area contributed by atoms with Crippen LogP contribution >= 0.6 is 11.6 Å². The summed E-state index contributed by atoms with van der Waals surface area (Å²) in [4.78, 5) is 28.0. The number of nitrogens with one attached hydrogen (secondary N) is 1. The quantitative estimate of drug-likeness (QED) is 0.619. The molecule has 2 atom stereocenters. The van der Waals surface area contributed by atoms with Gasteiger partial charge in [-0.3, -0.25) is 9.59 Å². The van der Waals surface area contributed by atoms with Crippen molar-refractivity contribution >= 4 is 29.1 Å². The SMILES string of the molecule is C[C@@H](CO)NC(=O)C1(C)CCN(C(=O)c2ccc(OCC(F)(F)F)cc2Cl)c2ccccc2C1. The third kappa shape index (κ3) is 6.01. The number of aliphatic hydroxyl groups is 1. The van der Waals surface area contributed by atoms with E-state index in [1.807, 2.05) is 19.1 Å². The second kappa shape index (κ2) is 10.2. The number of nitrogens with zero attached hydrogens (tertiary/aromatic N) is 1. The van der Waals surface area contributed by atoms with E-state index in [4.69, 9.17) is 16.3 Å². The van der Waals surface area contributed by atoms with Gasteiger partial charge in [-0.2, -0.15) is 13.2 Å². The number of anilines is 1. The molecule has 0 spiro atoms. The molecule has 1 aliphatic heterocycles. The first-order valence-electron chi connectivity index (χ1n) is 10.7. The summed E-state index contributed by atoms with van der Waals surface area (Å²) in [5.74, 6) is -0.757. The first-order valence-corrected chi connectivity index (χ1v) is 11.1. The lowest BCUT2D eigenvalue weighted by Gasteiger charge is -2.28. The van der Waals surface area contributed by atoms with E-state index in [1.54, 1.807) is 19.1 Å². The molecule has 1 unspecified atom stereocenters. The Morgan fingerprint density at radius 2 is 1.97 bits per heavy atom. The van der Waals surface area contributed by atoms with Gasteiger partial charge in [-0.05, 0) is 49.6 Å². The monoisotopic (exact) mass is 498 g/mol. The molecule has 2 aromatic carbocycles. The van der Waals surface area contributed by atoms with Gasteiger partial charge in [0.05, 0.1) is 22.6 Å². The molecular weight excluding hydrogens is 473 g/mol. The van der Waals surface area contributed by atoms with Gasteiger partial charge < -0.3 is 20.1 Å². The van der Waals surface area contributed by atoms with Gasteiger partial charge in [0, 0.05) is 18.3 Å². The molecule has 0 bridgehead atoms. The molecule has 6 nitrogen and oxygen atoms in total.